The first-order valence-electron chi connectivity index (χ1n) is 12.0. The van der Waals surface area contributed by atoms with Crippen molar-refractivity contribution in [1.82, 2.24) is 20.3 Å². The van der Waals surface area contributed by atoms with Crippen molar-refractivity contribution in [2.45, 2.75) is 6.92 Å². The third-order valence-electron chi connectivity index (χ3n) is 6.55. The Bertz CT molecular complexity index is 1830. The van der Waals surface area contributed by atoms with Crippen LogP contribution in [0.5, 0.6) is 0 Å². The number of hydrogen-bond acceptors (Lipinski definition) is 6. The molecule has 0 unspecified atom stereocenters. The fourth-order valence-electron chi connectivity index (χ4n) is 4.89. The predicted octanol–water partition coefficient (Wildman–Crippen LogP) is 7.74. The molecule has 0 radical (unpaired) electrons. The van der Waals surface area contributed by atoms with Crippen molar-refractivity contribution < 1.29 is 8.94 Å². The molecule has 0 aliphatic carbocycles. The Balaban J connectivity index is 1.45. The highest BCUT2D eigenvalue weighted by Crippen LogP contribution is 2.43. The van der Waals surface area contributed by atoms with Crippen LogP contribution >= 0.6 is 0 Å². The van der Waals surface area contributed by atoms with Gasteiger partial charge in [-0.05, 0) is 44.8 Å². The highest BCUT2D eigenvalue weighted by atomic mass is 16.5. The lowest BCUT2D eigenvalue weighted by Crippen LogP contribution is -1.91. The van der Waals surface area contributed by atoms with Crippen LogP contribution in [0.2, 0.25) is 0 Å². The van der Waals surface area contributed by atoms with E-state index >= 15 is 0 Å². The van der Waals surface area contributed by atoms with Crippen LogP contribution in [0.3, 0.4) is 0 Å². The second-order valence-electron chi connectivity index (χ2n) is 8.83. The smallest absolute Gasteiger partial charge is 0.259 e. The van der Waals surface area contributed by atoms with E-state index in [4.69, 9.17) is 13.9 Å². The molecule has 0 saturated heterocycles. The van der Waals surface area contributed by atoms with E-state index in [1.807, 2.05) is 54.6 Å². The molecule has 0 aliphatic heterocycles. The molecule has 0 amide bonds. The summed E-state index contributed by atoms with van der Waals surface area (Å²) in [4.78, 5) is 4.80. The fraction of sp³-hybridized carbons (Fsp3) is 0.0323. The average Bonchev–Trinajstić information content (AvgIpc) is 3.62. The van der Waals surface area contributed by atoms with Gasteiger partial charge in [-0.25, -0.2) is 0 Å². The van der Waals surface area contributed by atoms with Crippen LogP contribution in [0.15, 0.2) is 112 Å². The van der Waals surface area contributed by atoms with E-state index in [2.05, 4.69) is 63.9 Å². The third-order valence-corrected chi connectivity index (χ3v) is 6.55. The lowest BCUT2D eigenvalue weighted by Gasteiger charge is -2.15. The molecule has 176 valence electrons. The monoisotopic (exact) mass is 480 g/mol. The second kappa shape index (κ2) is 8.53. The summed E-state index contributed by atoms with van der Waals surface area (Å²) in [5.74, 6) is 2.13. The van der Waals surface area contributed by atoms with E-state index in [9.17, 15) is 0 Å². The van der Waals surface area contributed by atoms with Gasteiger partial charge in [-0.1, -0.05) is 96.2 Å². The Morgan fingerprint density at radius 3 is 1.68 bits per heavy atom. The number of aromatic nitrogens is 4. The largest absolute Gasteiger partial charge is 0.421 e. The zero-order valence-corrected chi connectivity index (χ0v) is 19.9. The van der Waals surface area contributed by atoms with Crippen LogP contribution in [-0.2, 0) is 0 Å². The SMILES string of the molecule is Cc1nnc(-c2ccc(-c3c4ccccc4c(-c4nc(-c5ccccc5)no4)c4ccccc34)cc2)o1. The fourth-order valence-corrected chi connectivity index (χ4v) is 4.89. The molecule has 0 spiro atoms. The van der Waals surface area contributed by atoms with Crippen molar-refractivity contribution in [3.8, 4) is 45.4 Å². The highest BCUT2D eigenvalue weighted by molar-refractivity contribution is 6.20. The van der Waals surface area contributed by atoms with E-state index in [-0.39, 0.29) is 0 Å². The minimum atomic E-state index is 0.500. The van der Waals surface area contributed by atoms with Crippen LogP contribution in [0, 0.1) is 6.92 Å². The van der Waals surface area contributed by atoms with Gasteiger partial charge >= 0.3 is 0 Å². The minimum Gasteiger partial charge on any atom is -0.421 e. The van der Waals surface area contributed by atoms with E-state index in [0.29, 0.717) is 23.5 Å². The maximum absolute atomic E-state index is 5.85. The Morgan fingerprint density at radius 2 is 1.08 bits per heavy atom. The van der Waals surface area contributed by atoms with Crippen molar-refractivity contribution in [3.63, 3.8) is 0 Å². The van der Waals surface area contributed by atoms with Crippen molar-refractivity contribution in [1.29, 1.82) is 0 Å². The summed E-state index contributed by atoms with van der Waals surface area (Å²) in [6.45, 7) is 1.79. The van der Waals surface area contributed by atoms with Gasteiger partial charge in [0, 0.05) is 18.1 Å². The summed E-state index contributed by atoms with van der Waals surface area (Å²) in [5.41, 5.74) is 4.97. The summed E-state index contributed by atoms with van der Waals surface area (Å²) in [6.07, 6.45) is 0. The molecule has 0 bridgehead atoms. The number of rotatable bonds is 4. The number of nitrogens with zero attached hydrogens (tertiary/aromatic N) is 4. The molecule has 0 atom stereocenters. The summed E-state index contributed by atoms with van der Waals surface area (Å²) in [7, 11) is 0. The molecule has 0 fully saturated rings. The number of benzene rings is 5. The number of fused-ring (bicyclic) bond motifs is 2. The molecular weight excluding hydrogens is 460 g/mol. The molecule has 2 aromatic heterocycles. The van der Waals surface area contributed by atoms with Gasteiger partial charge in [0.1, 0.15) is 0 Å². The van der Waals surface area contributed by atoms with Crippen LogP contribution < -0.4 is 0 Å². The lowest BCUT2D eigenvalue weighted by molar-refractivity contribution is 0.433. The molecule has 37 heavy (non-hydrogen) atoms. The predicted molar refractivity (Wildman–Crippen MR) is 144 cm³/mol. The van der Waals surface area contributed by atoms with Gasteiger partial charge in [0.05, 0.1) is 5.56 Å². The summed E-state index contributed by atoms with van der Waals surface area (Å²) >= 11 is 0. The molecule has 2 heterocycles. The summed E-state index contributed by atoms with van der Waals surface area (Å²) in [6, 6.07) is 34.8. The Hall–Kier alpha value is -5.10. The molecule has 5 aromatic carbocycles. The minimum absolute atomic E-state index is 0.500. The molecule has 6 nitrogen and oxygen atoms in total. The molecule has 0 saturated carbocycles. The van der Waals surface area contributed by atoms with Crippen LogP contribution in [0.4, 0.5) is 0 Å². The van der Waals surface area contributed by atoms with E-state index < -0.39 is 0 Å². The van der Waals surface area contributed by atoms with Crippen molar-refractivity contribution in [2.75, 3.05) is 0 Å². The standard InChI is InChI=1S/C31H20N4O2/c1-19-33-34-30(36-19)22-17-15-20(16-18-22)27-23-11-5-7-13-25(23)28(26-14-8-6-12-24(26)27)31-32-29(35-37-31)21-9-3-2-4-10-21/h2-18H,1H3. The normalized spacial score (nSPS) is 11.4. The molecular formula is C31H20N4O2. The van der Waals surface area contributed by atoms with Gasteiger partial charge in [-0.15, -0.1) is 10.2 Å². The third kappa shape index (κ3) is 3.58. The first-order valence-corrected chi connectivity index (χ1v) is 12.0. The second-order valence-corrected chi connectivity index (χ2v) is 8.83. The van der Waals surface area contributed by atoms with Gasteiger partial charge in [0.15, 0.2) is 0 Å². The molecule has 7 rings (SSSR count). The first kappa shape index (κ1) is 21.2. The highest BCUT2D eigenvalue weighted by Gasteiger charge is 2.20. The van der Waals surface area contributed by atoms with Crippen molar-refractivity contribution >= 4 is 21.5 Å². The molecule has 7 aromatic rings. The zero-order valence-electron chi connectivity index (χ0n) is 19.9. The van der Waals surface area contributed by atoms with Crippen LogP contribution in [0.25, 0.3) is 67.0 Å². The van der Waals surface area contributed by atoms with Crippen LogP contribution in [0.1, 0.15) is 5.89 Å². The topological polar surface area (TPSA) is 77.8 Å². The van der Waals surface area contributed by atoms with Crippen molar-refractivity contribution in [2.24, 2.45) is 0 Å². The maximum Gasteiger partial charge on any atom is 0.259 e. The average molecular weight is 481 g/mol. The van der Waals surface area contributed by atoms with Gasteiger partial charge in [-0.2, -0.15) is 4.98 Å². The first-order chi connectivity index (χ1) is 18.3. The van der Waals surface area contributed by atoms with Crippen molar-refractivity contribution in [3.05, 3.63) is 109 Å². The zero-order chi connectivity index (χ0) is 24.8. The van der Waals surface area contributed by atoms with Gasteiger partial charge < -0.3 is 8.94 Å². The summed E-state index contributed by atoms with van der Waals surface area (Å²) in [5, 5.41) is 16.7. The van der Waals surface area contributed by atoms with E-state index in [1.54, 1.807) is 6.92 Å². The lowest BCUT2D eigenvalue weighted by atomic mass is 9.88. The number of aryl methyl sites for hydroxylation is 1. The number of hydrogen-bond donors (Lipinski definition) is 0. The summed E-state index contributed by atoms with van der Waals surface area (Å²) < 4.78 is 11.5. The Labute approximate surface area is 212 Å². The molecule has 0 N–H and O–H groups in total. The van der Waals surface area contributed by atoms with Gasteiger partial charge in [0.25, 0.3) is 5.89 Å². The quantitative estimate of drug-likeness (QED) is 0.240. The van der Waals surface area contributed by atoms with E-state index in [1.165, 1.54) is 0 Å². The van der Waals surface area contributed by atoms with Crippen LogP contribution in [-0.4, -0.2) is 20.3 Å². The maximum atomic E-state index is 5.85. The Morgan fingerprint density at radius 1 is 0.514 bits per heavy atom. The van der Waals surface area contributed by atoms with Gasteiger partial charge in [-0.3, -0.25) is 0 Å². The molecule has 0 aliphatic rings. The Kier molecular flexibility index (Phi) is 4.89. The van der Waals surface area contributed by atoms with Gasteiger partial charge in [0.2, 0.25) is 17.6 Å². The molecule has 6 heteroatoms. The van der Waals surface area contributed by atoms with E-state index in [0.717, 1.165) is 49.4 Å².